The first-order valence-electron chi connectivity index (χ1n) is 4.17. The lowest BCUT2D eigenvalue weighted by atomic mass is 10.1. The predicted molar refractivity (Wildman–Crippen MR) is 48.6 cm³/mol. The summed E-state index contributed by atoms with van der Waals surface area (Å²) >= 11 is 0. The lowest BCUT2D eigenvalue weighted by Gasteiger charge is -2.22. The number of hydrogen-bond acceptors (Lipinski definition) is 4. The molecule has 0 radical (unpaired) electrons. The molecule has 0 bridgehead atoms. The van der Waals surface area contributed by atoms with Crippen molar-refractivity contribution in [2.45, 2.75) is 18.9 Å². The predicted octanol–water partition coefficient (Wildman–Crippen LogP) is -1.29. The summed E-state index contributed by atoms with van der Waals surface area (Å²) in [5, 5.41) is 10.8. The first-order chi connectivity index (χ1) is 6.53. The van der Waals surface area contributed by atoms with E-state index in [1.54, 1.807) is 6.07 Å². The van der Waals surface area contributed by atoms with Crippen LogP contribution in [0.3, 0.4) is 0 Å². The summed E-state index contributed by atoms with van der Waals surface area (Å²) in [6.07, 6.45) is 0.802. The van der Waals surface area contributed by atoms with E-state index in [9.17, 15) is 13.2 Å². The molecule has 0 aliphatic carbocycles. The summed E-state index contributed by atoms with van der Waals surface area (Å²) in [4.78, 5) is 10.8. The number of piperidine rings is 1. The van der Waals surface area contributed by atoms with Gasteiger partial charge in [0.1, 0.15) is 0 Å². The Balaban J connectivity index is 2.46. The highest BCUT2D eigenvalue weighted by Crippen LogP contribution is 2.03. The number of amides is 1. The van der Waals surface area contributed by atoms with Crippen molar-refractivity contribution in [1.29, 1.82) is 5.26 Å². The Hall–Kier alpha value is -1.13. The molecule has 1 aliphatic rings. The van der Waals surface area contributed by atoms with E-state index in [1.807, 2.05) is 0 Å². The number of hydrogen-bond donors (Lipinski definition) is 2. The molecule has 1 aliphatic heterocycles. The van der Waals surface area contributed by atoms with E-state index < -0.39 is 15.8 Å². The molecule has 14 heavy (non-hydrogen) atoms. The third-order valence-corrected chi connectivity index (χ3v) is 3.07. The van der Waals surface area contributed by atoms with Crippen LogP contribution in [0.5, 0.6) is 0 Å². The maximum absolute atomic E-state index is 11.1. The quantitative estimate of drug-likeness (QED) is 0.614. The monoisotopic (exact) mass is 217 g/mol. The molecular formula is C7H11N3O3S. The highest BCUT2D eigenvalue weighted by atomic mass is 32.2. The van der Waals surface area contributed by atoms with Crippen LogP contribution in [0.4, 0.5) is 0 Å². The largest absolute Gasteiger partial charge is 0.355 e. The van der Waals surface area contributed by atoms with Gasteiger partial charge in [-0.2, -0.15) is 5.26 Å². The van der Waals surface area contributed by atoms with Gasteiger partial charge in [-0.3, -0.25) is 4.79 Å². The number of carbonyl (C=O) groups excluding carboxylic acids is 1. The van der Waals surface area contributed by atoms with Crippen LogP contribution in [-0.2, 0) is 14.8 Å². The molecule has 1 saturated heterocycles. The molecule has 1 fully saturated rings. The normalized spacial score (nSPS) is 22.5. The molecule has 1 unspecified atom stereocenters. The van der Waals surface area contributed by atoms with Crippen molar-refractivity contribution < 1.29 is 13.2 Å². The van der Waals surface area contributed by atoms with Crippen LogP contribution in [-0.4, -0.2) is 32.7 Å². The fourth-order valence-electron chi connectivity index (χ4n) is 1.21. The van der Waals surface area contributed by atoms with E-state index in [4.69, 9.17) is 5.26 Å². The Labute approximate surface area is 82.3 Å². The van der Waals surface area contributed by atoms with Crippen LogP contribution in [0.15, 0.2) is 0 Å². The highest BCUT2D eigenvalue weighted by molar-refractivity contribution is 7.89. The first kappa shape index (κ1) is 10.9. The van der Waals surface area contributed by atoms with Crippen molar-refractivity contribution >= 4 is 15.9 Å². The molecule has 7 heteroatoms. The lowest BCUT2D eigenvalue weighted by molar-refractivity contribution is -0.122. The molecule has 0 aromatic carbocycles. The van der Waals surface area contributed by atoms with Crippen LogP contribution in [0.25, 0.3) is 0 Å². The highest BCUT2D eigenvalue weighted by Gasteiger charge is 2.22. The maximum Gasteiger partial charge on any atom is 0.225 e. The molecule has 0 spiro atoms. The van der Waals surface area contributed by atoms with Crippen molar-refractivity contribution in [2.24, 2.45) is 0 Å². The second-order valence-corrected chi connectivity index (χ2v) is 4.83. The second-order valence-electron chi connectivity index (χ2n) is 3.07. The minimum absolute atomic E-state index is 0.0688. The lowest BCUT2D eigenvalue weighted by Crippen LogP contribution is -2.48. The van der Waals surface area contributed by atoms with Crippen LogP contribution in [0, 0.1) is 11.3 Å². The Bertz CT molecular complexity index is 347. The molecular weight excluding hydrogens is 206 g/mol. The van der Waals surface area contributed by atoms with Crippen molar-refractivity contribution in [3.05, 3.63) is 0 Å². The Morgan fingerprint density at radius 1 is 1.64 bits per heavy atom. The molecule has 78 valence electrons. The van der Waals surface area contributed by atoms with Gasteiger partial charge in [-0.15, -0.1) is 0 Å². The third kappa shape index (κ3) is 3.32. The topological polar surface area (TPSA) is 99.1 Å². The summed E-state index contributed by atoms with van der Waals surface area (Å²) in [7, 11) is -3.51. The average molecular weight is 217 g/mol. The van der Waals surface area contributed by atoms with E-state index >= 15 is 0 Å². The zero-order valence-electron chi connectivity index (χ0n) is 7.49. The summed E-state index contributed by atoms with van der Waals surface area (Å²) in [6.45, 7) is 0.295. The SMILES string of the molecule is N#CCS(=O)(=O)NC1CCC(=O)NC1. The van der Waals surface area contributed by atoms with E-state index in [1.165, 1.54) is 0 Å². The molecule has 0 aromatic heterocycles. The fraction of sp³-hybridized carbons (Fsp3) is 0.714. The van der Waals surface area contributed by atoms with Crippen LogP contribution >= 0.6 is 0 Å². The van der Waals surface area contributed by atoms with Crippen molar-refractivity contribution in [2.75, 3.05) is 12.3 Å². The minimum atomic E-state index is -3.51. The van der Waals surface area contributed by atoms with Gasteiger partial charge in [-0.25, -0.2) is 13.1 Å². The summed E-state index contributed by atoms with van der Waals surface area (Å²) in [6, 6.07) is 1.28. The van der Waals surface area contributed by atoms with Gasteiger partial charge in [0.15, 0.2) is 5.75 Å². The molecule has 1 atom stereocenters. The summed E-state index contributed by atoms with van der Waals surface area (Å²) in [5.41, 5.74) is 0. The number of carbonyl (C=O) groups is 1. The third-order valence-electron chi connectivity index (χ3n) is 1.87. The number of nitriles is 1. The number of sulfonamides is 1. The van der Waals surface area contributed by atoms with E-state index in [-0.39, 0.29) is 11.9 Å². The van der Waals surface area contributed by atoms with Gasteiger partial charge in [0.25, 0.3) is 0 Å². The van der Waals surface area contributed by atoms with Crippen LogP contribution < -0.4 is 10.0 Å². The average Bonchev–Trinajstić information content (AvgIpc) is 2.08. The van der Waals surface area contributed by atoms with Gasteiger partial charge >= 0.3 is 0 Å². The Morgan fingerprint density at radius 2 is 2.36 bits per heavy atom. The number of rotatable bonds is 3. The smallest absolute Gasteiger partial charge is 0.225 e. The van der Waals surface area contributed by atoms with E-state index in [0.29, 0.717) is 19.4 Å². The van der Waals surface area contributed by atoms with Gasteiger partial charge in [0.05, 0.1) is 6.07 Å². The van der Waals surface area contributed by atoms with E-state index in [0.717, 1.165) is 0 Å². The minimum Gasteiger partial charge on any atom is -0.355 e. The van der Waals surface area contributed by atoms with Gasteiger partial charge < -0.3 is 5.32 Å². The Morgan fingerprint density at radius 3 is 2.86 bits per heavy atom. The van der Waals surface area contributed by atoms with Crippen molar-refractivity contribution in [1.82, 2.24) is 10.0 Å². The zero-order valence-corrected chi connectivity index (χ0v) is 8.30. The molecule has 1 amide bonds. The zero-order chi connectivity index (χ0) is 10.6. The fourth-order valence-corrected chi connectivity index (χ4v) is 2.18. The molecule has 6 nitrogen and oxygen atoms in total. The van der Waals surface area contributed by atoms with Gasteiger partial charge in [0, 0.05) is 19.0 Å². The van der Waals surface area contributed by atoms with Gasteiger partial charge in [-0.1, -0.05) is 0 Å². The van der Waals surface area contributed by atoms with Crippen molar-refractivity contribution in [3.63, 3.8) is 0 Å². The van der Waals surface area contributed by atoms with Crippen LogP contribution in [0.1, 0.15) is 12.8 Å². The number of nitrogens with one attached hydrogen (secondary N) is 2. The molecule has 1 heterocycles. The summed E-state index contributed by atoms with van der Waals surface area (Å²) in [5.74, 6) is -0.613. The first-order valence-corrected chi connectivity index (χ1v) is 5.82. The van der Waals surface area contributed by atoms with E-state index in [2.05, 4.69) is 10.0 Å². The van der Waals surface area contributed by atoms with Crippen LogP contribution in [0.2, 0.25) is 0 Å². The second kappa shape index (κ2) is 4.39. The molecule has 0 aromatic rings. The molecule has 0 saturated carbocycles. The maximum atomic E-state index is 11.1. The Kier molecular flexibility index (Phi) is 3.43. The standard InChI is InChI=1S/C7H11N3O3S/c8-3-4-14(12,13)10-6-1-2-7(11)9-5-6/h6,10H,1-2,4-5H2,(H,9,11). The number of nitrogens with zero attached hydrogens (tertiary/aromatic N) is 1. The molecule has 1 rings (SSSR count). The van der Waals surface area contributed by atoms with Gasteiger partial charge in [0.2, 0.25) is 15.9 Å². The molecule has 2 N–H and O–H groups in total. The van der Waals surface area contributed by atoms with Gasteiger partial charge in [-0.05, 0) is 6.42 Å². The summed E-state index contributed by atoms with van der Waals surface area (Å²) < 4.78 is 24.6. The van der Waals surface area contributed by atoms with Crippen molar-refractivity contribution in [3.8, 4) is 6.07 Å².